The molecule has 3 aliphatic rings. The summed E-state index contributed by atoms with van der Waals surface area (Å²) in [6, 6.07) is 4.61. The largest absolute Gasteiger partial charge is 0.336 e. The Bertz CT molecular complexity index is 895. The molecule has 3 fully saturated rings. The van der Waals surface area contributed by atoms with Gasteiger partial charge in [0, 0.05) is 31.1 Å². The molecule has 6 heteroatoms. The Balaban J connectivity index is 1.46. The smallest absolute Gasteiger partial charge is 0.243 e. The van der Waals surface area contributed by atoms with Crippen LogP contribution in [-0.2, 0) is 14.8 Å². The third kappa shape index (κ3) is 3.81. The highest BCUT2D eigenvalue weighted by Gasteiger charge is 2.45. The van der Waals surface area contributed by atoms with E-state index < -0.39 is 10.0 Å². The first-order valence-corrected chi connectivity index (χ1v) is 13.0. The van der Waals surface area contributed by atoms with E-state index in [1.165, 1.54) is 19.3 Å². The summed E-state index contributed by atoms with van der Waals surface area (Å²) in [4.78, 5) is 16.0. The van der Waals surface area contributed by atoms with Crippen LogP contribution in [0.1, 0.15) is 68.6 Å². The predicted octanol–water partition coefficient (Wildman–Crippen LogP) is 4.19. The molecule has 5 nitrogen and oxygen atoms in total. The number of fused-ring (bicyclic) bond motifs is 1. The van der Waals surface area contributed by atoms with Crippen molar-refractivity contribution in [3.05, 3.63) is 28.8 Å². The number of likely N-dealkylation sites (tertiary alicyclic amines) is 1. The molecule has 1 aliphatic carbocycles. The number of benzene rings is 1. The number of sulfonamides is 1. The zero-order valence-electron chi connectivity index (χ0n) is 18.9. The summed E-state index contributed by atoms with van der Waals surface area (Å²) in [7, 11) is -3.53. The number of aryl methyl sites for hydroxylation is 3. The van der Waals surface area contributed by atoms with E-state index in [9.17, 15) is 13.2 Å². The van der Waals surface area contributed by atoms with E-state index in [4.69, 9.17) is 0 Å². The molecule has 1 aromatic rings. The second-order valence-corrected chi connectivity index (χ2v) is 11.7. The van der Waals surface area contributed by atoms with E-state index in [-0.39, 0.29) is 11.8 Å². The van der Waals surface area contributed by atoms with Crippen LogP contribution in [0.5, 0.6) is 0 Å². The molecule has 1 saturated carbocycles. The Morgan fingerprint density at radius 1 is 0.967 bits per heavy atom. The van der Waals surface area contributed by atoms with Gasteiger partial charge in [0.05, 0.1) is 4.90 Å². The van der Waals surface area contributed by atoms with E-state index in [2.05, 4.69) is 11.8 Å². The quantitative estimate of drug-likeness (QED) is 0.719. The van der Waals surface area contributed by atoms with Gasteiger partial charge in [0.25, 0.3) is 0 Å². The molecular weight excluding hydrogens is 396 g/mol. The summed E-state index contributed by atoms with van der Waals surface area (Å²) in [5.74, 6) is 0.905. The molecule has 4 rings (SSSR count). The van der Waals surface area contributed by atoms with Crippen molar-refractivity contribution in [3.63, 3.8) is 0 Å². The number of carbonyl (C=O) groups excluding carboxylic acids is 1. The first kappa shape index (κ1) is 21.8. The van der Waals surface area contributed by atoms with Gasteiger partial charge in [0.15, 0.2) is 0 Å². The van der Waals surface area contributed by atoms with Crippen LogP contribution in [0.2, 0.25) is 0 Å². The van der Waals surface area contributed by atoms with E-state index in [1.807, 2.05) is 32.9 Å². The van der Waals surface area contributed by atoms with Crippen LogP contribution in [0.25, 0.3) is 0 Å². The molecule has 3 unspecified atom stereocenters. The summed E-state index contributed by atoms with van der Waals surface area (Å²) in [6.07, 6.45) is 7.30. The minimum Gasteiger partial charge on any atom is -0.336 e. The third-order valence-corrected chi connectivity index (χ3v) is 9.81. The SMILES string of the molecule is Cc1cc(C)c(S(=O)(=O)N2CCC(C(=O)N3C(C)CC4CCCCC43)CC2)c(C)c1. The molecular formula is C24H36N2O3S. The molecule has 2 saturated heterocycles. The summed E-state index contributed by atoms with van der Waals surface area (Å²) in [6.45, 7) is 8.79. The lowest BCUT2D eigenvalue weighted by molar-refractivity contribution is -0.140. The fraction of sp³-hybridized carbons (Fsp3) is 0.708. The van der Waals surface area contributed by atoms with Crippen molar-refractivity contribution in [1.29, 1.82) is 0 Å². The normalized spacial score (nSPS) is 28.5. The van der Waals surface area contributed by atoms with Crippen molar-refractivity contribution in [2.75, 3.05) is 13.1 Å². The summed E-state index contributed by atoms with van der Waals surface area (Å²) in [5.41, 5.74) is 2.69. The lowest BCUT2D eigenvalue weighted by atomic mass is 9.84. The summed E-state index contributed by atoms with van der Waals surface area (Å²) in [5, 5.41) is 0. The van der Waals surface area contributed by atoms with E-state index in [0.29, 0.717) is 48.8 Å². The Labute approximate surface area is 181 Å². The maximum absolute atomic E-state index is 13.4. The minimum absolute atomic E-state index is 0.0419. The highest BCUT2D eigenvalue weighted by molar-refractivity contribution is 7.89. The highest BCUT2D eigenvalue weighted by Crippen LogP contribution is 2.41. The number of carbonyl (C=O) groups is 1. The van der Waals surface area contributed by atoms with Gasteiger partial charge in [0.1, 0.15) is 0 Å². The topological polar surface area (TPSA) is 57.7 Å². The second-order valence-electron chi connectivity index (χ2n) is 9.85. The fourth-order valence-electron chi connectivity index (χ4n) is 6.35. The van der Waals surface area contributed by atoms with Crippen molar-refractivity contribution in [2.45, 2.75) is 89.6 Å². The Morgan fingerprint density at radius 3 is 2.20 bits per heavy atom. The van der Waals surface area contributed by atoms with Gasteiger partial charge in [0.2, 0.25) is 15.9 Å². The van der Waals surface area contributed by atoms with Crippen LogP contribution in [0.3, 0.4) is 0 Å². The van der Waals surface area contributed by atoms with Gasteiger partial charge in [-0.2, -0.15) is 4.31 Å². The Kier molecular flexibility index (Phi) is 6.01. The van der Waals surface area contributed by atoms with Crippen molar-refractivity contribution < 1.29 is 13.2 Å². The molecule has 0 aromatic heterocycles. The maximum atomic E-state index is 13.4. The summed E-state index contributed by atoms with van der Waals surface area (Å²) < 4.78 is 28.3. The number of rotatable bonds is 3. The maximum Gasteiger partial charge on any atom is 0.243 e. The van der Waals surface area contributed by atoms with Gasteiger partial charge in [-0.1, -0.05) is 30.5 Å². The van der Waals surface area contributed by atoms with Crippen LogP contribution in [0.4, 0.5) is 0 Å². The van der Waals surface area contributed by atoms with Crippen molar-refractivity contribution in [3.8, 4) is 0 Å². The number of hydrogen-bond acceptors (Lipinski definition) is 3. The first-order valence-electron chi connectivity index (χ1n) is 11.6. The number of hydrogen-bond donors (Lipinski definition) is 0. The average Bonchev–Trinajstić information content (AvgIpc) is 3.02. The van der Waals surface area contributed by atoms with Gasteiger partial charge in [-0.3, -0.25) is 4.79 Å². The van der Waals surface area contributed by atoms with Crippen LogP contribution >= 0.6 is 0 Å². The van der Waals surface area contributed by atoms with Gasteiger partial charge >= 0.3 is 0 Å². The second kappa shape index (κ2) is 8.27. The molecule has 2 aliphatic heterocycles. The molecule has 0 spiro atoms. The van der Waals surface area contributed by atoms with E-state index in [1.54, 1.807) is 4.31 Å². The molecule has 2 heterocycles. The zero-order chi connectivity index (χ0) is 21.6. The van der Waals surface area contributed by atoms with Gasteiger partial charge in [-0.15, -0.1) is 0 Å². The summed E-state index contributed by atoms with van der Waals surface area (Å²) >= 11 is 0. The van der Waals surface area contributed by atoms with Crippen molar-refractivity contribution in [2.24, 2.45) is 11.8 Å². The van der Waals surface area contributed by atoms with Crippen molar-refractivity contribution in [1.82, 2.24) is 9.21 Å². The molecule has 30 heavy (non-hydrogen) atoms. The van der Waals surface area contributed by atoms with E-state index >= 15 is 0 Å². The zero-order valence-corrected chi connectivity index (χ0v) is 19.7. The lowest BCUT2D eigenvalue weighted by Gasteiger charge is -2.38. The van der Waals surface area contributed by atoms with Gasteiger partial charge < -0.3 is 4.90 Å². The highest BCUT2D eigenvalue weighted by atomic mass is 32.2. The third-order valence-electron chi connectivity index (χ3n) is 7.61. The Hall–Kier alpha value is -1.40. The lowest BCUT2D eigenvalue weighted by Crippen LogP contribution is -2.48. The Morgan fingerprint density at radius 2 is 1.57 bits per heavy atom. The van der Waals surface area contributed by atoms with Gasteiger partial charge in [-0.25, -0.2) is 8.42 Å². The van der Waals surface area contributed by atoms with E-state index in [0.717, 1.165) is 29.5 Å². The molecule has 0 radical (unpaired) electrons. The van der Waals surface area contributed by atoms with Crippen LogP contribution in [0.15, 0.2) is 17.0 Å². The molecule has 3 atom stereocenters. The molecule has 166 valence electrons. The fourth-order valence-corrected chi connectivity index (χ4v) is 8.23. The van der Waals surface area contributed by atoms with Crippen LogP contribution < -0.4 is 0 Å². The first-order chi connectivity index (χ1) is 14.2. The predicted molar refractivity (Wildman–Crippen MR) is 119 cm³/mol. The van der Waals surface area contributed by atoms with Crippen LogP contribution in [-0.4, -0.2) is 48.7 Å². The minimum atomic E-state index is -3.53. The standard InChI is InChI=1S/C24H36N2O3S/c1-16-13-17(2)23(18(3)14-16)30(28,29)25-11-9-20(10-12-25)24(27)26-19(4)15-21-7-5-6-8-22(21)26/h13-14,19-22H,5-12,15H2,1-4H3. The van der Waals surface area contributed by atoms with Crippen molar-refractivity contribution >= 4 is 15.9 Å². The molecule has 0 bridgehead atoms. The number of piperidine rings is 1. The molecule has 1 aromatic carbocycles. The number of nitrogens with zero attached hydrogens (tertiary/aromatic N) is 2. The van der Waals surface area contributed by atoms with Crippen LogP contribution in [0, 0.1) is 32.6 Å². The molecule has 1 amide bonds. The number of amides is 1. The monoisotopic (exact) mass is 432 g/mol. The average molecular weight is 433 g/mol. The molecule has 0 N–H and O–H groups in total. The van der Waals surface area contributed by atoms with Gasteiger partial charge in [-0.05, 0) is 76.8 Å².